The summed E-state index contributed by atoms with van der Waals surface area (Å²) in [6.45, 7) is 0. The number of carbonyl (C=O) groups is 1. The molecule has 0 radical (unpaired) electrons. The van der Waals surface area contributed by atoms with Crippen LogP contribution in [0.15, 0.2) is 30.7 Å². The van der Waals surface area contributed by atoms with Crippen molar-refractivity contribution in [1.82, 2.24) is 15.0 Å². The van der Waals surface area contributed by atoms with Crippen LogP contribution in [-0.2, 0) is 4.79 Å². The second kappa shape index (κ2) is 7.72. The van der Waals surface area contributed by atoms with E-state index in [0.29, 0.717) is 22.9 Å². The molecule has 0 unspecified atom stereocenters. The van der Waals surface area contributed by atoms with E-state index in [1.165, 1.54) is 19.4 Å². The molecule has 2 N–H and O–H groups in total. The number of hydrogen-bond acceptors (Lipinski definition) is 6. The van der Waals surface area contributed by atoms with Crippen LogP contribution < -0.4 is 15.4 Å². The van der Waals surface area contributed by atoms with Gasteiger partial charge in [-0.1, -0.05) is 5.92 Å². The highest BCUT2D eigenvalue weighted by Crippen LogP contribution is 2.31. The van der Waals surface area contributed by atoms with Gasteiger partial charge < -0.3 is 15.4 Å². The summed E-state index contributed by atoms with van der Waals surface area (Å²) in [6, 6.07) is 2.98. The molecule has 0 aromatic carbocycles. The summed E-state index contributed by atoms with van der Waals surface area (Å²) in [5.41, 5.74) is 0.577. The van der Waals surface area contributed by atoms with Crippen LogP contribution in [0.3, 0.4) is 0 Å². The molecule has 146 valence electrons. The van der Waals surface area contributed by atoms with E-state index in [0.717, 1.165) is 23.6 Å². The number of methoxy groups -OCH3 is 1. The third kappa shape index (κ3) is 3.94. The van der Waals surface area contributed by atoms with Gasteiger partial charge in [0.1, 0.15) is 23.1 Å². The lowest BCUT2D eigenvalue weighted by Crippen LogP contribution is -2.14. The van der Waals surface area contributed by atoms with Crippen LogP contribution in [0, 0.1) is 23.6 Å². The zero-order chi connectivity index (χ0) is 20.4. The molecule has 3 heterocycles. The van der Waals surface area contributed by atoms with Crippen molar-refractivity contribution in [3.63, 3.8) is 0 Å². The summed E-state index contributed by atoms with van der Waals surface area (Å²) in [6.07, 6.45) is 6.45. The number of anilines is 2. The molecule has 29 heavy (non-hydrogen) atoms. The maximum atomic E-state index is 14.1. The van der Waals surface area contributed by atoms with Crippen molar-refractivity contribution in [2.75, 3.05) is 24.8 Å². The van der Waals surface area contributed by atoms with Gasteiger partial charge in [0, 0.05) is 42.2 Å². The average molecular weight is 391 g/mol. The zero-order valence-electron chi connectivity index (χ0n) is 15.9. The highest BCUT2D eigenvalue weighted by atomic mass is 19.1. The average Bonchev–Trinajstić information content (AvgIpc) is 3.58. The number of nitrogens with one attached hydrogen (secondary N) is 2. The van der Waals surface area contributed by atoms with E-state index in [1.807, 2.05) is 0 Å². The lowest BCUT2D eigenvalue weighted by Gasteiger charge is -2.09. The minimum atomic E-state index is -0.569. The van der Waals surface area contributed by atoms with Gasteiger partial charge in [0.2, 0.25) is 5.91 Å². The Kier molecular flexibility index (Phi) is 4.96. The summed E-state index contributed by atoms with van der Waals surface area (Å²) >= 11 is 0. The van der Waals surface area contributed by atoms with E-state index in [2.05, 4.69) is 37.4 Å². The van der Waals surface area contributed by atoms with Crippen molar-refractivity contribution in [2.24, 2.45) is 5.92 Å². The van der Waals surface area contributed by atoms with Crippen LogP contribution >= 0.6 is 0 Å². The first-order valence-corrected chi connectivity index (χ1v) is 9.08. The number of carbonyl (C=O) groups excluding carboxylic acids is 1. The molecule has 0 aliphatic heterocycles. The second-order valence-electron chi connectivity index (χ2n) is 6.60. The summed E-state index contributed by atoms with van der Waals surface area (Å²) in [4.78, 5) is 24.7. The molecule has 3 aromatic heterocycles. The second-order valence-corrected chi connectivity index (χ2v) is 6.60. The first-order valence-electron chi connectivity index (χ1n) is 9.08. The zero-order valence-corrected chi connectivity index (χ0v) is 15.9. The van der Waals surface area contributed by atoms with Gasteiger partial charge in [0.05, 0.1) is 18.9 Å². The molecule has 1 saturated carbocycles. The number of pyridine rings is 3. The largest absolute Gasteiger partial charge is 0.495 e. The van der Waals surface area contributed by atoms with Gasteiger partial charge in [-0.05, 0) is 24.8 Å². The van der Waals surface area contributed by atoms with Crippen LogP contribution in [0.4, 0.5) is 16.0 Å². The smallest absolute Gasteiger partial charge is 0.228 e. The van der Waals surface area contributed by atoms with Crippen LogP contribution in [0.25, 0.3) is 10.8 Å². The predicted octanol–water partition coefficient (Wildman–Crippen LogP) is 2.96. The monoisotopic (exact) mass is 391 g/mol. The maximum Gasteiger partial charge on any atom is 0.228 e. The van der Waals surface area contributed by atoms with Gasteiger partial charge >= 0.3 is 0 Å². The van der Waals surface area contributed by atoms with Gasteiger partial charge in [0.15, 0.2) is 5.82 Å². The Morgan fingerprint density at radius 3 is 2.66 bits per heavy atom. The van der Waals surface area contributed by atoms with Gasteiger partial charge in [-0.2, -0.15) is 0 Å². The van der Waals surface area contributed by atoms with Crippen molar-refractivity contribution >= 4 is 28.3 Å². The van der Waals surface area contributed by atoms with E-state index in [9.17, 15) is 9.18 Å². The SMILES string of the molecule is CNc1ncc(C#Cc2ncc(OC)cc2F)c2cc(NC(=O)C3CC3)ncc12. The summed E-state index contributed by atoms with van der Waals surface area (Å²) in [5, 5.41) is 7.32. The van der Waals surface area contributed by atoms with Gasteiger partial charge in [-0.3, -0.25) is 4.79 Å². The first-order chi connectivity index (χ1) is 14.1. The molecule has 1 aliphatic rings. The Morgan fingerprint density at radius 1 is 1.14 bits per heavy atom. The van der Waals surface area contributed by atoms with Crippen LogP contribution in [-0.4, -0.2) is 35.0 Å². The lowest BCUT2D eigenvalue weighted by atomic mass is 10.1. The molecular weight excluding hydrogens is 373 g/mol. The van der Waals surface area contributed by atoms with Crippen LogP contribution in [0.5, 0.6) is 5.75 Å². The number of halogens is 1. The van der Waals surface area contributed by atoms with Crippen molar-refractivity contribution in [3.8, 4) is 17.6 Å². The third-order valence-corrected chi connectivity index (χ3v) is 4.58. The molecule has 3 aromatic rings. The molecule has 0 saturated heterocycles. The lowest BCUT2D eigenvalue weighted by molar-refractivity contribution is -0.117. The number of nitrogens with zero attached hydrogens (tertiary/aromatic N) is 3. The fourth-order valence-electron chi connectivity index (χ4n) is 2.83. The van der Waals surface area contributed by atoms with Gasteiger partial charge in [-0.15, -0.1) is 0 Å². The fourth-order valence-corrected chi connectivity index (χ4v) is 2.83. The number of hydrogen-bond donors (Lipinski definition) is 2. The number of aromatic nitrogens is 3. The van der Waals surface area contributed by atoms with E-state index in [4.69, 9.17) is 4.74 Å². The molecule has 0 atom stereocenters. The maximum absolute atomic E-state index is 14.1. The fraction of sp³-hybridized carbons (Fsp3) is 0.238. The quantitative estimate of drug-likeness (QED) is 0.665. The Hall–Kier alpha value is -3.73. The topological polar surface area (TPSA) is 89.0 Å². The Labute approximate surface area is 166 Å². The number of fused-ring (bicyclic) bond motifs is 1. The Morgan fingerprint density at radius 2 is 1.97 bits per heavy atom. The Bertz CT molecular complexity index is 1160. The van der Waals surface area contributed by atoms with E-state index in [1.54, 1.807) is 25.5 Å². The number of rotatable bonds is 4. The molecule has 1 aliphatic carbocycles. The first kappa shape index (κ1) is 18.6. The van der Waals surface area contributed by atoms with Crippen molar-refractivity contribution < 1.29 is 13.9 Å². The third-order valence-electron chi connectivity index (χ3n) is 4.58. The molecule has 4 rings (SSSR count). The minimum absolute atomic E-state index is 0.00737. The van der Waals surface area contributed by atoms with Crippen LogP contribution in [0.1, 0.15) is 24.1 Å². The van der Waals surface area contributed by atoms with E-state index >= 15 is 0 Å². The van der Waals surface area contributed by atoms with E-state index < -0.39 is 5.82 Å². The Balaban J connectivity index is 1.74. The standard InChI is InChI=1S/C21H18FN5O2/c1-23-20-16-11-25-19(27-21(28)12-3-4-12)8-15(16)13(9-26-20)5-6-18-17(22)7-14(29-2)10-24-18/h7-12H,3-4H2,1-2H3,(H,23,26)(H,25,27,28). The van der Waals surface area contributed by atoms with Crippen LogP contribution in [0.2, 0.25) is 0 Å². The summed E-state index contributed by atoms with van der Waals surface area (Å²) in [5.74, 6) is 6.53. The highest BCUT2D eigenvalue weighted by Gasteiger charge is 2.29. The van der Waals surface area contributed by atoms with Crippen molar-refractivity contribution in [1.29, 1.82) is 0 Å². The van der Waals surface area contributed by atoms with Crippen molar-refractivity contribution in [2.45, 2.75) is 12.8 Å². The molecule has 0 bridgehead atoms. The highest BCUT2D eigenvalue weighted by molar-refractivity contribution is 5.99. The molecule has 1 amide bonds. The summed E-state index contributed by atoms with van der Waals surface area (Å²) < 4.78 is 19.1. The number of ether oxygens (including phenoxy) is 1. The molecule has 0 spiro atoms. The normalized spacial score (nSPS) is 12.8. The van der Waals surface area contributed by atoms with Gasteiger partial charge in [-0.25, -0.2) is 19.3 Å². The minimum Gasteiger partial charge on any atom is -0.495 e. The molecule has 1 fully saturated rings. The molecular formula is C21H18FN5O2. The van der Waals surface area contributed by atoms with Gasteiger partial charge in [0.25, 0.3) is 0 Å². The van der Waals surface area contributed by atoms with E-state index in [-0.39, 0.29) is 17.5 Å². The number of amides is 1. The predicted molar refractivity (Wildman–Crippen MR) is 107 cm³/mol. The summed E-state index contributed by atoms with van der Waals surface area (Å²) in [7, 11) is 3.20. The van der Waals surface area contributed by atoms with Crippen molar-refractivity contribution in [3.05, 3.63) is 47.8 Å². The molecule has 8 heteroatoms. The molecule has 7 nitrogen and oxygen atoms in total.